The van der Waals surface area contributed by atoms with Gasteiger partial charge in [-0.1, -0.05) is 30.3 Å². The van der Waals surface area contributed by atoms with Gasteiger partial charge in [0, 0.05) is 11.5 Å². The van der Waals surface area contributed by atoms with Gasteiger partial charge in [-0.2, -0.15) is 17.9 Å². The Hall–Kier alpha value is -2.98. The number of rotatable bonds is 4. The molecule has 174 valence electrons. The third kappa shape index (κ3) is 3.97. The smallest absolute Gasteiger partial charge is 0.453 e. The summed E-state index contributed by atoms with van der Waals surface area (Å²) in [4.78, 5) is 0. The van der Waals surface area contributed by atoms with Crippen LogP contribution in [-0.2, 0) is 10.9 Å². The Labute approximate surface area is 188 Å². The van der Waals surface area contributed by atoms with Gasteiger partial charge in [0.25, 0.3) is 5.82 Å². The van der Waals surface area contributed by atoms with Crippen LogP contribution >= 0.6 is 0 Å². The number of benzene rings is 2. The highest BCUT2D eigenvalue weighted by Crippen LogP contribution is 2.49. The van der Waals surface area contributed by atoms with Crippen LogP contribution in [0.2, 0.25) is 0 Å². The average molecular weight is 459 g/mol. The predicted molar refractivity (Wildman–Crippen MR) is 113 cm³/mol. The molecule has 2 saturated heterocycles. The van der Waals surface area contributed by atoms with Crippen molar-refractivity contribution in [1.82, 2.24) is 25.5 Å². The molecule has 0 radical (unpaired) electrons. The topological polar surface area (TPSA) is 74.1 Å². The van der Waals surface area contributed by atoms with Gasteiger partial charge >= 0.3 is 6.18 Å². The van der Waals surface area contributed by atoms with Gasteiger partial charge in [-0.05, 0) is 60.0 Å². The number of alkyl halides is 3. The second kappa shape index (κ2) is 8.42. The first-order valence-electron chi connectivity index (χ1n) is 10.9. The lowest BCUT2D eigenvalue weighted by Crippen LogP contribution is -2.48. The van der Waals surface area contributed by atoms with Crippen molar-refractivity contribution in [2.75, 3.05) is 20.3 Å². The first-order chi connectivity index (χ1) is 15.9. The van der Waals surface area contributed by atoms with Gasteiger partial charge < -0.3 is 14.8 Å². The quantitative estimate of drug-likeness (QED) is 0.635. The normalized spacial score (nSPS) is 25.5. The molecule has 2 aliphatic heterocycles. The van der Waals surface area contributed by atoms with E-state index in [9.17, 15) is 13.2 Å². The summed E-state index contributed by atoms with van der Waals surface area (Å²) in [6, 6.07) is 15.1. The Morgan fingerprint density at radius 3 is 2.76 bits per heavy atom. The molecule has 1 spiro atoms. The van der Waals surface area contributed by atoms with Gasteiger partial charge in [-0.15, -0.1) is 5.10 Å². The molecule has 0 bridgehead atoms. The third-order valence-corrected chi connectivity index (χ3v) is 6.57. The lowest BCUT2D eigenvalue weighted by Gasteiger charge is -2.41. The van der Waals surface area contributed by atoms with Gasteiger partial charge in [0.05, 0.1) is 31.0 Å². The van der Waals surface area contributed by atoms with E-state index in [0.29, 0.717) is 17.0 Å². The maximum atomic E-state index is 13.3. The maximum Gasteiger partial charge on any atom is 0.453 e. The van der Waals surface area contributed by atoms with Crippen molar-refractivity contribution < 1.29 is 22.6 Å². The van der Waals surface area contributed by atoms with E-state index < -0.39 is 17.6 Å². The Morgan fingerprint density at radius 1 is 1.18 bits per heavy atom. The van der Waals surface area contributed by atoms with Crippen molar-refractivity contribution >= 4 is 0 Å². The van der Waals surface area contributed by atoms with Crippen LogP contribution in [0.15, 0.2) is 48.5 Å². The molecule has 2 unspecified atom stereocenters. The number of methoxy groups -OCH3 is 1. The minimum Gasteiger partial charge on any atom is -0.496 e. The summed E-state index contributed by atoms with van der Waals surface area (Å²) in [6.45, 7) is 1.36. The van der Waals surface area contributed by atoms with E-state index in [1.54, 1.807) is 19.2 Å². The second-order valence-corrected chi connectivity index (χ2v) is 8.52. The Kier molecular flexibility index (Phi) is 5.57. The van der Waals surface area contributed by atoms with Gasteiger partial charge in [0.1, 0.15) is 5.75 Å². The van der Waals surface area contributed by atoms with Gasteiger partial charge in [-0.25, -0.2) is 0 Å². The van der Waals surface area contributed by atoms with Gasteiger partial charge in [0.2, 0.25) is 0 Å². The summed E-state index contributed by atoms with van der Waals surface area (Å²) in [5, 5.41) is 13.6. The van der Waals surface area contributed by atoms with E-state index >= 15 is 0 Å². The molecule has 0 amide bonds. The summed E-state index contributed by atoms with van der Waals surface area (Å²) in [5.41, 5.74) is 1.79. The monoisotopic (exact) mass is 459 g/mol. The summed E-state index contributed by atoms with van der Waals surface area (Å²) in [6.07, 6.45) is -2.04. The van der Waals surface area contributed by atoms with Crippen molar-refractivity contribution in [2.24, 2.45) is 0 Å². The van der Waals surface area contributed by atoms with Crippen molar-refractivity contribution in [3.63, 3.8) is 0 Å². The fourth-order valence-corrected chi connectivity index (χ4v) is 5.12. The van der Waals surface area contributed by atoms with E-state index in [2.05, 4.69) is 33.0 Å². The Morgan fingerprint density at radius 2 is 2.00 bits per heavy atom. The van der Waals surface area contributed by atoms with E-state index in [4.69, 9.17) is 9.47 Å². The number of hydrogen-bond donors (Lipinski definition) is 1. The van der Waals surface area contributed by atoms with Crippen LogP contribution in [0.25, 0.3) is 5.69 Å². The lowest BCUT2D eigenvalue weighted by atomic mass is 9.77. The number of piperidine rings is 1. The summed E-state index contributed by atoms with van der Waals surface area (Å²) >= 11 is 0. The van der Waals surface area contributed by atoms with Gasteiger partial charge in [-0.3, -0.25) is 0 Å². The largest absolute Gasteiger partial charge is 0.496 e. The molecule has 1 N–H and O–H groups in total. The number of halogens is 3. The molecule has 0 saturated carbocycles. The molecular weight excluding hydrogens is 435 g/mol. The minimum absolute atomic E-state index is 0.0444. The Balaban J connectivity index is 1.49. The number of ether oxygens (including phenoxy) is 2. The number of nitrogens with one attached hydrogen (secondary N) is 1. The molecule has 3 heterocycles. The molecule has 10 heteroatoms. The number of tetrazole rings is 1. The van der Waals surface area contributed by atoms with E-state index in [1.165, 1.54) is 11.6 Å². The van der Waals surface area contributed by atoms with Crippen LogP contribution in [0.5, 0.6) is 5.75 Å². The van der Waals surface area contributed by atoms with Crippen molar-refractivity contribution in [3.05, 3.63) is 65.5 Å². The number of nitrogens with zero attached hydrogens (tertiary/aromatic N) is 4. The molecule has 3 atom stereocenters. The van der Waals surface area contributed by atoms with E-state index in [0.717, 1.165) is 31.4 Å². The van der Waals surface area contributed by atoms with Gasteiger partial charge in [0.15, 0.2) is 0 Å². The zero-order chi connectivity index (χ0) is 23.1. The SMILES string of the molecule is COc1ccc(-n2nnnc2C(F)(F)F)cc1C1CO[C@]2(CCCNC2c2ccccc2)C1. The average Bonchev–Trinajstić information content (AvgIpc) is 3.48. The minimum atomic E-state index is -4.67. The van der Waals surface area contributed by atoms with Crippen LogP contribution in [0, 0.1) is 0 Å². The summed E-state index contributed by atoms with van der Waals surface area (Å²) in [5.74, 6) is -0.610. The molecule has 2 aromatic carbocycles. The van der Waals surface area contributed by atoms with Crippen LogP contribution in [-0.4, -0.2) is 46.1 Å². The predicted octanol–water partition coefficient (Wildman–Crippen LogP) is 4.06. The van der Waals surface area contributed by atoms with Crippen molar-refractivity contribution in [2.45, 2.75) is 43.0 Å². The van der Waals surface area contributed by atoms with E-state index in [1.807, 2.05) is 18.2 Å². The first kappa shape index (κ1) is 21.8. The van der Waals surface area contributed by atoms with Crippen LogP contribution in [0.1, 0.15) is 48.2 Å². The molecule has 2 fully saturated rings. The van der Waals surface area contributed by atoms with Crippen LogP contribution in [0.4, 0.5) is 13.2 Å². The zero-order valence-electron chi connectivity index (χ0n) is 18.0. The highest BCUT2D eigenvalue weighted by atomic mass is 19.4. The zero-order valence-corrected chi connectivity index (χ0v) is 18.0. The second-order valence-electron chi connectivity index (χ2n) is 8.52. The highest BCUT2D eigenvalue weighted by molar-refractivity contribution is 5.47. The molecule has 5 rings (SSSR count). The van der Waals surface area contributed by atoms with E-state index in [-0.39, 0.29) is 17.6 Å². The fraction of sp³-hybridized carbons (Fsp3) is 0.435. The fourth-order valence-electron chi connectivity index (χ4n) is 5.12. The maximum absolute atomic E-state index is 13.3. The third-order valence-electron chi connectivity index (χ3n) is 6.57. The van der Waals surface area contributed by atoms with Crippen LogP contribution < -0.4 is 10.1 Å². The Bertz CT molecular complexity index is 1120. The molecule has 33 heavy (non-hydrogen) atoms. The first-order valence-corrected chi connectivity index (χ1v) is 10.9. The summed E-state index contributed by atoms with van der Waals surface area (Å²) in [7, 11) is 1.55. The summed E-state index contributed by atoms with van der Waals surface area (Å²) < 4.78 is 52.8. The van der Waals surface area contributed by atoms with Crippen molar-refractivity contribution in [1.29, 1.82) is 0 Å². The molecule has 3 aromatic rings. The van der Waals surface area contributed by atoms with Crippen LogP contribution in [0.3, 0.4) is 0 Å². The number of hydrogen-bond acceptors (Lipinski definition) is 6. The van der Waals surface area contributed by atoms with Crippen molar-refractivity contribution in [3.8, 4) is 11.4 Å². The molecule has 1 aromatic heterocycles. The number of aromatic nitrogens is 4. The lowest BCUT2D eigenvalue weighted by molar-refractivity contribution is -0.146. The highest BCUT2D eigenvalue weighted by Gasteiger charge is 2.49. The molecule has 0 aliphatic carbocycles. The molecule has 7 nitrogen and oxygen atoms in total. The molecular formula is C23H24F3N5O2. The standard InChI is InChI=1S/C23H24F3N5O2/c1-32-19-9-8-17(31-21(23(24,25)26)28-29-30-31)12-18(19)16-13-22(33-14-16)10-5-11-27-20(22)15-6-3-2-4-7-15/h2-4,6-9,12,16,20,27H,5,10-11,13-14H2,1H3/t16?,20?,22-/m1/s1. The molecule has 2 aliphatic rings.